The van der Waals surface area contributed by atoms with Crippen molar-refractivity contribution < 1.29 is 19.4 Å². The second kappa shape index (κ2) is 9.02. The molecule has 0 aliphatic carbocycles. The van der Waals surface area contributed by atoms with Crippen LogP contribution in [0, 0.1) is 0 Å². The molecule has 1 fully saturated rings. The smallest absolute Gasteiger partial charge is 0.295 e. The number of ketones is 1. The van der Waals surface area contributed by atoms with Crippen LogP contribution in [-0.2, 0) is 16.1 Å². The van der Waals surface area contributed by atoms with Crippen LogP contribution in [0.5, 0.6) is 5.75 Å². The van der Waals surface area contributed by atoms with Gasteiger partial charge in [-0.3, -0.25) is 14.6 Å². The molecule has 1 aliphatic rings. The molecule has 1 unspecified atom stereocenters. The molecular weight excluding hydrogens is 451 g/mol. The fraction of sp³-hybridized carbons (Fsp3) is 0.125. The lowest BCUT2D eigenvalue weighted by molar-refractivity contribution is -0.140. The van der Waals surface area contributed by atoms with E-state index in [9.17, 15) is 14.7 Å². The zero-order valence-corrected chi connectivity index (χ0v) is 18.5. The molecule has 1 aromatic heterocycles. The van der Waals surface area contributed by atoms with Crippen LogP contribution in [0.25, 0.3) is 5.76 Å². The Morgan fingerprint density at radius 1 is 1.06 bits per heavy atom. The molecule has 162 valence electrons. The lowest BCUT2D eigenvalue weighted by Gasteiger charge is -2.25. The van der Waals surface area contributed by atoms with Crippen molar-refractivity contribution in [2.24, 2.45) is 0 Å². The number of hydrogen-bond acceptors (Lipinski definition) is 5. The number of nitrogens with zero attached hydrogens (tertiary/aromatic N) is 2. The number of benzene rings is 2. The maximum atomic E-state index is 13.1. The highest BCUT2D eigenvalue weighted by Gasteiger charge is 2.46. The minimum atomic E-state index is -0.788. The third-order valence-electron chi connectivity index (χ3n) is 5.23. The van der Waals surface area contributed by atoms with Crippen molar-refractivity contribution in [3.8, 4) is 5.75 Å². The van der Waals surface area contributed by atoms with Gasteiger partial charge in [0.1, 0.15) is 5.76 Å². The van der Waals surface area contributed by atoms with Crippen LogP contribution in [0.2, 0.25) is 10.0 Å². The average Bonchev–Trinajstić information content (AvgIpc) is 3.04. The minimum Gasteiger partial charge on any atom is -0.507 e. The Labute approximate surface area is 194 Å². The van der Waals surface area contributed by atoms with Crippen molar-refractivity contribution in [2.45, 2.75) is 12.6 Å². The Hall–Kier alpha value is -3.35. The van der Waals surface area contributed by atoms with Gasteiger partial charge in [-0.2, -0.15) is 0 Å². The summed E-state index contributed by atoms with van der Waals surface area (Å²) in [7, 11) is 1.42. The highest BCUT2D eigenvalue weighted by molar-refractivity contribution is 6.46. The Morgan fingerprint density at radius 2 is 1.69 bits per heavy atom. The number of halogens is 2. The molecule has 32 heavy (non-hydrogen) atoms. The molecule has 3 aromatic rings. The molecule has 2 heterocycles. The summed E-state index contributed by atoms with van der Waals surface area (Å²) in [6.07, 6.45) is 3.23. The molecule has 1 aliphatic heterocycles. The first-order chi connectivity index (χ1) is 15.4. The number of pyridine rings is 1. The number of likely N-dealkylation sites (tertiary alicyclic amines) is 1. The predicted molar refractivity (Wildman–Crippen MR) is 122 cm³/mol. The predicted octanol–water partition coefficient (Wildman–Crippen LogP) is 5.02. The summed E-state index contributed by atoms with van der Waals surface area (Å²) in [4.78, 5) is 31.5. The molecule has 4 rings (SSSR count). The highest BCUT2D eigenvalue weighted by Crippen LogP contribution is 2.42. The molecule has 1 atom stereocenters. The van der Waals surface area contributed by atoms with Crippen LogP contribution in [0.3, 0.4) is 0 Å². The van der Waals surface area contributed by atoms with Crippen LogP contribution in [0.4, 0.5) is 0 Å². The van der Waals surface area contributed by atoms with Gasteiger partial charge in [-0.1, -0.05) is 53.5 Å². The van der Waals surface area contributed by atoms with Gasteiger partial charge in [0, 0.05) is 24.5 Å². The summed E-state index contributed by atoms with van der Waals surface area (Å²) in [6.45, 7) is 0.174. The zero-order valence-electron chi connectivity index (χ0n) is 17.0. The highest BCUT2D eigenvalue weighted by atomic mass is 35.5. The third-order valence-corrected chi connectivity index (χ3v) is 5.79. The van der Waals surface area contributed by atoms with E-state index in [1.54, 1.807) is 36.7 Å². The zero-order chi connectivity index (χ0) is 22.8. The van der Waals surface area contributed by atoms with Gasteiger partial charge in [-0.15, -0.1) is 0 Å². The fourth-order valence-corrected chi connectivity index (χ4v) is 4.40. The first kappa shape index (κ1) is 21.9. The van der Waals surface area contributed by atoms with Crippen LogP contribution < -0.4 is 4.74 Å². The van der Waals surface area contributed by atoms with Gasteiger partial charge in [0.25, 0.3) is 11.7 Å². The fourth-order valence-electron chi connectivity index (χ4n) is 3.76. The number of hydrogen-bond donors (Lipinski definition) is 1. The van der Waals surface area contributed by atoms with Gasteiger partial charge in [0.05, 0.1) is 28.8 Å². The summed E-state index contributed by atoms with van der Waals surface area (Å²) >= 11 is 12.5. The number of rotatable bonds is 5. The van der Waals surface area contributed by atoms with E-state index in [0.29, 0.717) is 5.56 Å². The molecule has 0 spiro atoms. The number of amides is 1. The first-order valence-electron chi connectivity index (χ1n) is 9.68. The van der Waals surface area contributed by atoms with Crippen LogP contribution in [-0.4, -0.2) is 33.8 Å². The molecule has 1 amide bonds. The van der Waals surface area contributed by atoms with Crippen molar-refractivity contribution in [1.29, 1.82) is 0 Å². The van der Waals surface area contributed by atoms with Crippen LogP contribution in [0.1, 0.15) is 22.7 Å². The first-order valence-corrected chi connectivity index (χ1v) is 10.4. The van der Waals surface area contributed by atoms with E-state index in [2.05, 4.69) is 4.98 Å². The summed E-state index contributed by atoms with van der Waals surface area (Å²) in [6, 6.07) is 14.7. The van der Waals surface area contributed by atoms with E-state index >= 15 is 0 Å². The van der Waals surface area contributed by atoms with Crippen LogP contribution in [0.15, 0.2) is 72.6 Å². The van der Waals surface area contributed by atoms with Crippen molar-refractivity contribution in [2.75, 3.05) is 7.11 Å². The summed E-state index contributed by atoms with van der Waals surface area (Å²) in [5.41, 5.74) is 1.67. The van der Waals surface area contributed by atoms with E-state index in [0.717, 1.165) is 5.56 Å². The molecule has 2 aromatic carbocycles. The molecule has 1 N–H and O–H groups in total. The summed E-state index contributed by atoms with van der Waals surface area (Å²) in [5, 5.41) is 11.5. The molecule has 0 radical (unpaired) electrons. The maximum absolute atomic E-state index is 13.1. The molecule has 8 heteroatoms. The van der Waals surface area contributed by atoms with E-state index < -0.39 is 17.7 Å². The molecule has 1 saturated heterocycles. The van der Waals surface area contributed by atoms with Gasteiger partial charge in [-0.05, 0) is 35.4 Å². The van der Waals surface area contributed by atoms with Gasteiger partial charge in [0.2, 0.25) is 0 Å². The Bertz CT molecular complexity index is 1190. The lowest BCUT2D eigenvalue weighted by Crippen LogP contribution is -2.29. The molecule has 6 nitrogen and oxygen atoms in total. The van der Waals surface area contributed by atoms with Crippen molar-refractivity contribution in [3.63, 3.8) is 0 Å². The standard InChI is InChI=1S/C24H18Cl2N2O4/c1-32-23-17(25)11-16(12-18(23)26)21(29)19-20(15-5-3-2-4-6-15)28(24(31)22(19)30)13-14-7-9-27-10-8-14/h2-12,20,29H,13H2,1H3/b21-19+. The third kappa shape index (κ3) is 3.95. The van der Waals surface area contributed by atoms with Gasteiger partial charge in [-0.25, -0.2) is 0 Å². The van der Waals surface area contributed by atoms with E-state index in [1.807, 2.05) is 18.2 Å². The van der Waals surface area contributed by atoms with Crippen molar-refractivity contribution in [3.05, 3.63) is 99.3 Å². The Balaban J connectivity index is 1.87. The molecule has 0 bridgehead atoms. The van der Waals surface area contributed by atoms with E-state index in [1.165, 1.54) is 24.1 Å². The van der Waals surface area contributed by atoms with Crippen molar-refractivity contribution >= 4 is 40.7 Å². The minimum absolute atomic E-state index is 0.0347. The number of carbonyl (C=O) groups excluding carboxylic acids is 2. The van der Waals surface area contributed by atoms with E-state index in [-0.39, 0.29) is 39.2 Å². The number of aromatic nitrogens is 1. The second-order valence-corrected chi connectivity index (χ2v) is 7.98. The van der Waals surface area contributed by atoms with Crippen molar-refractivity contribution in [1.82, 2.24) is 9.88 Å². The lowest BCUT2D eigenvalue weighted by atomic mass is 9.95. The van der Waals surface area contributed by atoms with Gasteiger partial charge < -0.3 is 14.7 Å². The molecular formula is C24H18Cl2N2O4. The average molecular weight is 469 g/mol. The number of aliphatic hydroxyl groups excluding tert-OH is 1. The summed E-state index contributed by atoms with van der Waals surface area (Å²) < 4.78 is 5.15. The number of aliphatic hydroxyl groups is 1. The molecule has 0 saturated carbocycles. The SMILES string of the molecule is COc1c(Cl)cc(/C(O)=C2\C(=O)C(=O)N(Cc3ccncc3)C2c2ccccc2)cc1Cl. The normalized spacial score (nSPS) is 17.6. The van der Waals surface area contributed by atoms with Gasteiger partial charge in [0.15, 0.2) is 5.75 Å². The quantitative estimate of drug-likeness (QED) is 0.323. The Morgan fingerprint density at radius 3 is 2.28 bits per heavy atom. The second-order valence-electron chi connectivity index (χ2n) is 7.17. The summed E-state index contributed by atoms with van der Waals surface area (Å²) in [5.74, 6) is -1.60. The monoisotopic (exact) mass is 468 g/mol. The number of ether oxygens (including phenoxy) is 1. The number of methoxy groups -OCH3 is 1. The largest absolute Gasteiger partial charge is 0.507 e. The number of Topliss-reactive ketones (excluding diaryl/α,β-unsaturated/α-hetero) is 1. The van der Waals surface area contributed by atoms with E-state index in [4.69, 9.17) is 27.9 Å². The van der Waals surface area contributed by atoms with Crippen LogP contribution >= 0.6 is 23.2 Å². The number of carbonyl (C=O) groups is 2. The Kier molecular flexibility index (Phi) is 6.17. The van der Waals surface area contributed by atoms with Gasteiger partial charge >= 0.3 is 0 Å². The maximum Gasteiger partial charge on any atom is 0.295 e. The topological polar surface area (TPSA) is 79.7 Å².